The summed E-state index contributed by atoms with van der Waals surface area (Å²) in [6, 6.07) is 6.79. The molecule has 1 fully saturated rings. The molecule has 1 aromatic carbocycles. The molecule has 0 saturated carbocycles. The molecule has 1 saturated heterocycles. The summed E-state index contributed by atoms with van der Waals surface area (Å²) in [7, 11) is 0. The van der Waals surface area contributed by atoms with Gasteiger partial charge in [-0.25, -0.2) is 0 Å². The maximum absolute atomic E-state index is 10.9. The number of hydrogen-bond acceptors (Lipinski definition) is 4. The summed E-state index contributed by atoms with van der Waals surface area (Å²) in [5, 5.41) is 10.9. The van der Waals surface area contributed by atoms with Crippen molar-refractivity contribution in [3.05, 3.63) is 39.9 Å². The molecule has 0 aliphatic carbocycles. The molecular formula is C13H18N2O3. The molecule has 0 bridgehead atoms. The molecule has 1 atom stereocenters. The molecule has 2 N–H and O–H groups in total. The maximum atomic E-state index is 10.9. The van der Waals surface area contributed by atoms with Gasteiger partial charge in [-0.1, -0.05) is 18.2 Å². The first-order chi connectivity index (χ1) is 8.68. The highest BCUT2D eigenvalue weighted by Crippen LogP contribution is 2.24. The van der Waals surface area contributed by atoms with Gasteiger partial charge in [-0.05, 0) is 25.2 Å². The number of nitro benzene ring substituents is 1. The fourth-order valence-electron chi connectivity index (χ4n) is 2.43. The Morgan fingerprint density at radius 1 is 1.39 bits per heavy atom. The van der Waals surface area contributed by atoms with Crippen LogP contribution in [0.2, 0.25) is 0 Å². The molecule has 0 amide bonds. The second kappa shape index (κ2) is 5.93. The third-order valence-electron chi connectivity index (χ3n) is 3.52. The Morgan fingerprint density at radius 3 is 2.72 bits per heavy atom. The van der Waals surface area contributed by atoms with Gasteiger partial charge in [-0.3, -0.25) is 10.1 Å². The maximum Gasteiger partial charge on any atom is 0.272 e. The number of rotatable bonds is 4. The molecule has 1 aromatic rings. The number of para-hydroxylation sites is 1. The van der Waals surface area contributed by atoms with Gasteiger partial charge in [0, 0.05) is 30.9 Å². The van der Waals surface area contributed by atoms with Crippen LogP contribution in [0.5, 0.6) is 0 Å². The number of hydrogen-bond donors (Lipinski definition) is 1. The van der Waals surface area contributed by atoms with Gasteiger partial charge in [0.05, 0.1) is 4.92 Å². The second-order valence-electron chi connectivity index (χ2n) is 4.70. The number of benzene rings is 1. The minimum atomic E-state index is -0.341. The van der Waals surface area contributed by atoms with Crippen molar-refractivity contribution < 1.29 is 9.66 Å². The Morgan fingerprint density at radius 2 is 2.06 bits per heavy atom. The topological polar surface area (TPSA) is 78.4 Å². The summed E-state index contributed by atoms with van der Waals surface area (Å²) in [5.41, 5.74) is 7.06. The van der Waals surface area contributed by atoms with E-state index in [1.807, 2.05) is 6.07 Å². The molecule has 1 unspecified atom stereocenters. The minimum Gasteiger partial charge on any atom is -0.381 e. The molecule has 5 nitrogen and oxygen atoms in total. The van der Waals surface area contributed by atoms with Crippen molar-refractivity contribution in [1.29, 1.82) is 0 Å². The van der Waals surface area contributed by atoms with Crippen molar-refractivity contribution in [2.75, 3.05) is 13.2 Å². The SMILES string of the molecule is NC(Cc1ccccc1[N+](=O)[O-])C1CCOCC1. The van der Waals surface area contributed by atoms with Crippen molar-refractivity contribution in [3.8, 4) is 0 Å². The lowest BCUT2D eigenvalue weighted by Gasteiger charge is -2.27. The summed E-state index contributed by atoms with van der Waals surface area (Å²) in [6.07, 6.45) is 2.45. The molecule has 18 heavy (non-hydrogen) atoms. The van der Waals surface area contributed by atoms with Crippen molar-refractivity contribution in [2.24, 2.45) is 11.7 Å². The van der Waals surface area contributed by atoms with E-state index in [0.717, 1.165) is 31.6 Å². The molecule has 0 aromatic heterocycles. The number of ether oxygens (including phenoxy) is 1. The van der Waals surface area contributed by atoms with Gasteiger partial charge < -0.3 is 10.5 Å². The van der Waals surface area contributed by atoms with Gasteiger partial charge in [-0.15, -0.1) is 0 Å². The van der Waals surface area contributed by atoms with E-state index in [1.54, 1.807) is 12.1 Å². The number of nitro groups is 1. The van der Waals surface area contributed by atoms with Crippen LogP contribution in [0, 0.1) is 16.0 Å². The highest BCUT2D eigenvalue weighted by Gasteiger charge is 2.23. The van der Waals surface area contributed by atoms with Crippen molar-refractivity contribution in [1.82, 2.24) is 0 Å². The molecular weight excluding hydrogens is 232 g/mol. The van der Waals surface area contributed by atoms with Crippen LogP contribution >= 0.6 is 0 Å². The van der Waals surface area contributed by atoms with Crippen LogP contribution in [0.25, 0.3) is 0 Å². The Hall–Kier alpha value is -1.46. The summed E-state index contributed by atoms with van der Waals surface area (Å²) in [6.45, 7) is 1.49. The van der Waals surface area contributed by atoms with E-state index in [-0.39, 0.29) is 16.7 Å². The van der Waals surface area contributed by atoms with Crippen LogP contribution in [0.3, 0.4) is 0 Å². The first kappa shape index (κ1) is 13.0. The predicted octanol–water partition coefficient (Wildman–Crippen LogP) is 1.89. The Bertz CT molecular complexity index is 416. The van der Waals surface area contributed by atoms with Crippen molar-refractivity contribution >= 4 is 5.69 Å². The van der Waals surface area contributed by atoms with Gasteiger partial charge in [0.15, 0.2) is 0 Å². The normalized spacial score (nSPS) is 18.5. The Labute approximate surface area is 106 Å². The lowest BCUT2D eigenvalue weighted by Crippen LogP contribution is -2.36. The van der Waals surface area contributed by atoms with Crippen LogP contribution in [0.4, 0.5) is 5.69 Å². The molecule has 98 valence electrons. The van der Waals surface area contributed by atoms with Crippen LogP contribution in [-0.4, -0.2) is 24.2 Å². The zero-order chi connectivity index (χ0) is 13.0. The summed E-state index contributed by atoms with van der Waals surface area (Å²) < 4.78 is 5.30. The fraction of sp³-hybridized carbons (Fsp3) is 0.538. The average Bonchev–Trinajstić information content (AvgIpc) is 2.40. The third-order valence-corrected chi connectivity index (χ3v) is 3.52. The first-order valence-corrected chi connectivity index (χ1v) is 6.24. The van der Waals surface area contributed by atoms with Gasteiger partial charge in [0.1, 0.15) is 0 Å². The van der Waals surface area contributed by atoms with E-state index in [2.05, 4.69) is 0 Å². The zero-order valence-electron chi connectivity index (χ0n) is 10.2. The molecule has 5 heteroatoms. The lowest BCUT2D eigenvalue weighted by molar-refractivity contribution is -0.385. The van der Waals surface area contributed by atoms with E-state index in [0.29, 0.717) is 12.3 Å². The summed E-state index contributed by atoms with van der Waals surface area (Å²) in [5.74, 6) is 0.401. The molecule has 1 aliphatic heterocycles. The first-order valence-electron chi connectivity index (χ1n) is 6.24. The molecule has 2 rings (SSSR count). The Balaban J connectivity index is 2.06. The van der Waals surface area contributed by atoms with Crippen LogP contribution in [0.15, 0.2) is 24.3 Å². The van der Waals surface area contributed by atoms with Gasteiger partial charge in [-0.2, -0.15) is 0 Å². The van der Waals surface area contributed by atoms with E-state index < -0.39 is 0 Å². The van der Waals surface area contributed by atoms with Crippen molar-refractivity contribution in [3.63, 3.8) is 0 Å². The standard InChI is InChI=1S/C13H18N2O3/c14-12(10-5-7-18-8-6-10)9-11-3-1-2-4-13(11)15(16)17/h1-4,10,12H,5-9,14H2. The van der Waals surface area contributed by atoms with Crippen LogP contribution < -0.4 is 5.73 Å². The Kier molecular flexibility index (Phi) is 4.28. The monoisotopic (exact) mass is 250 g/mol. The van der Waals surface area contributed by atoms with Gasteiger partial charge in [0.2, 0.25) is 0 Å². The fourth-order valence-corrected chi connectivity index (χ4v) is 2.43. The van der Waals surface area contributed by atoms with E-state index in [4.69, 9.17) is 10.5 Å². The smallest absolute Gasteiger partial charge is 0.272 e. The van der Waals surface area contributed by atoms with Gasteiger partial charge >= 0.3 is 0 Å². The van der Waals surface area contributed by atoms with E-state index in [9.17, 15) is 10.1 Å². The van der Waals surface area contributed by atoms with Gasteiger partial charge in [0.25, 0.3) is 5.69 Å². The van der Waals surface area contributed by atoms with Crippen LogP contribution in [-0.2, 0) is 11.2 Å². The minimum absolute atomic E-state index is 0.0324. The highest BCUT2D eigenvalue weighted by molar-refractivity contribution is 5.40. The van der Waals surface area contributed by atoms with Crippen molar-refractivity contribution in [2.45, 2.75) is 25.3 Å². The molecule has 0 radical (unpaired) electrons. The predicted molar refractivity (Wildman–Crippen MR) is 68.3 cm³/mol. The van der Waals surface area contributed by atoms with E-state index in [1.165, 1.54) is 6.07 Å². The molecule has 1 aliphatic rings. The zero-order valence-corrected chi connectivity index (χ0v) is 10.2. The highest BCUT2D eigenvalue weighted by atomic mass is 16.6. The summed E-state index contributed by atoms with van der Waals surface area (Å²) >= 11 is 0. The largest absolute Gasteiger partial charge is 0.381 e. The number of nitrogens with zero attached hydrogens (tertiary/aromatic N) is 1. The lowest BCUT2D eigenvalue weighted by atomic mass is 9.88. The number of nitrogens with two attached hydrogens (primary N) is 1. The average molecular weight is 250 g/mol. The molecule has 1 heterocycles. The quantitative estimate of drug-likeness (QED) is 0.653. The molecule has 0 spiro atoms. The third kappa shape index (κ3) is 3.05. The summed E-state index contributed by atoms with van der Waals surface area (Å²) in [4.78, 5) is 10.6. The van der Waals surface area contributed by atoms with Crippen LogP contribution in [0.1, 0.15) is 18.4 Å². The van der Waals surface area contributed by atoms with E-state index >= 15 is 0 Å². The second-order valence-corrected chi connectivity index (χ2v) is 4.70.